The summed E-state index contributed by atoms with van der Waals surface area (Å²) >= 11 is 7.19. The third kappa shape index (κ3) is 5.01. The number of hydrogen-bond donors (Lipinski definition) is 1. The van der Waals surface area contributed by atoms with Crippen LogP contribution in [0.15, 0.2) is 58.5 Å². The number of hydrogen-bond acceptors (Lipinski definition) is 4. The number of thioether (sulfide) groups is 1. The number of Topliss-reactive ketones (excluding diaryl/α,β-unsaturated/α-hetero) is 1. The van der Waals surface area contributed by atoms with Crippen LogP contribution in [-0.2, 0) is 6.54 Å². The first-order chi connectivity index (χ1) is 13.5. The number of quaternary nitrogens is 1. The third-order valence-corrected chi connectivity index (χ3v) is 5.61. The van der Waals surface area contributed by atoms with E-state index in [1.54, 1.807) is 34.9 Å². The summed E-state index contributed by atoms with van der Waals surface area (Å²) < 4.78 is 1.70. The number of nitrogens with zero attached hydrogens (tertiary/aromatic N) is 2. The molecule has 0 aliphatic rings. The van der Waals surface area contributed by atoms with Gasteiger partial charge >= 0.3 is 0 Å². The summed E-state index contributed by atoms with van der Waals surface area (Å²) in [5.74, 6) is 0.194. The molecule has 0 saturated heterocycles. The average molecular weight is 417 g/mol. The second kappa shape index (κ2) is 9.37. The predicted molar refractivity (Wildman–Crippen MR) is 115 cm³/mol. The minimum atomic E-state index is -0.0548. The second-order valence-electron chi connectivity index (χ2n) is 6.90. The van der Waals surface area contributed by atoms with Gasteiger partial charge in [0.1, 0.15) is 0 Å². The van der Waals surface area contributed by atoms with Crippen molar-refractivity contribution in [1.29, 1.82) is 0 Å². The van der Waals surface area contributed by atoms with Crippen molar-refractivity contribution in [2.75, 3.05) is 26.4 Å². The molecule has 7 heteroatoms. The molecular formula is C21H23ClN3O2S+. The Labute approximate surface area is 173 Å². The Morgan fingerprint density at radius 2 is 1.86 bits per heavy atom. The number of aromatic nitrogens is 2. The smallest absolute Gasteiger partial charge is 0.262 e. The van der Waals surface area contributed by atoms with Gasteiger partial charge < -0.3 is 4.90 Å². The molecule has 0 radical (unpaired) electrons. The molecule has 146 valence electrons. The standard InChI is InChI=1S/C21H22ClN3O2S/c1-24(2)12-5-13-25-20(27)17-6-3-4-7-18(17)23-21(25)28-14-19(26)15-8-10-16(22)11-9-15/h3-4,6-11H,5,12-14H2,1-2H3/p+1. The summed E-state index contributed by atoms with van der Waals surface area (Å²) in [6, 6.07) is 14.2. The van der Waals surface area contributed by atoms with Crippen molar-refractivity contribution in [1.82, 2.24) is 9.55 Å². The molecule has 0 spiro atoms. The first-order valence-corrected chi connectivity index (χ1v) is 10.5. The van der Waals surface area contributed by atoms with Gasteiger partial charge in [-0.2, -0.15) is 0 Å². The molecule has 5 nitrogen and oxygen atoms in total. The van der Waals surface area contributed by atoms with E-state index < -0.39 is 0 Å². The summed E-state index contributed by atoms with van der Waals surface area (Å²) in [7, 11) is 4.17. The Morgan fingerprint density at radius 1 is 1.14 bits per heavy atom. The fraction of sp³-hybridized carbons (Fsp3) is 0.286. The van der Waals surface area contributed by atoms with Crippen LogP contribution in [0.25, 0.3) is 10.9 Å². The topological polar surface area (TPSA) is 56.4 Å². The van der Waals surface area contributed by atoms with Gasteiger partial charge in [0.2, 0.25) is 0 Å². The van der Waals surface area contributed by atoms with Gasteiger partial charge in [-0.3, -0.25) is 14.2 Å². The highest BCUT2D eigenvalue weighted by molar-refractivity contribution is 7.99. The molecule has 0 fully saturated rings. The zero-order valence-corrected chi connectivity index (χ0v) is 17.5. The van der Waals surface area contributed by atoms with Crippen molar-refractivity contribution in [2.45, 2.75) is 18.1 Å². The molecule has 0 bridgehead atoms. The van der Waals surface area contributed by atoms with E-state index in [1.165, 1.54) is 16.7 Å². The van der Waals surface area contributed by atoms with Crippen LogP contribution in [0.1, 0.15) is 16.8 Å². The lowest BCUT2D eigenvalue weighted by atomic mass is 10.1. The highest BCUT2D eigenvalue weighted by atomic mass is 35.5. The van der Waals surface area contributed by atoms with Crippen LogP contribution in [0.3, 0.4) is 0 Å². The molecule has 0 saturated carbocycles. The lowest BCUT2D eigenvalue weighted by molar-refractivity contribution is -0.858. The van der Waals surface area contributed by atoms with Gasteiger partial charge in [-0.25, -0.2) is 4.98 Å². The molecular weight excluding hydrogens is 394 g/mol. The highest BCUT2D eigenvalue weighted by Gasteiger charge is 2.14. The number of nitrogens with one attached hydrogen (secondary N) is 1. The predicted octanol–water partition coefficient (Wildman–Crippen LogP) is 2.56. The minimum absolute atomic E-state index is 0.0200. The van der Waals surface area contributed by atoms with E-state index in [2.05, 4.69) is 19.1 Å². The third-order valence-electron chi connectivity index (χ3n) is 4.38. The fourth-order valence-electron chi connectivity index (χ4n) is 2.89. The van der Waals surface area contributed by atoms with Gasteiger partial charge in [0.25, 0.3) is 5.56 Å². The van der Waals surface area contributed by atoms with E-state index in [-0.39, 0.29) is 17.1 Å². The van der Waals surface area contributed by atoms with Crippen molar-refractivity contribution in [3.8, 4) is 0 Å². The van der Waals surface area contributed by atoms with Crippen LogP contribution in [0, 0.1) is 0 Å². The van der Waals surface area contributed by atoms with Crippen LogP contribution < -0.4 is 10.5 Å². The van der Waals surface area contributed by atoms with Crippen LogP contribution in [0.4, 0.5) is 0 Å². The molecule has 2 aromatic carbocycles. The van der Waals surface area contributed by atoms with Gasteiger partial charge in [0.15, 0.2) is 10.9 Å². The lowest BCUT2D eigenvalue weighted by Gasteiger charge is -2.14. The highest BCUT2D eigenvalue weighted by Crippen LogP contribution is 2.20. The summed E-state index contributed by atoms with van der Waals surface area (Å²) in [6.45, 7) is 1.53. The SMILES string of the molecule is C[NH+](C)CCCn1c(SCC(=O)c2ccc(Cl)cc2)nc2ccccc2c1=O. The van der Waals surface area contributed by atoms with Crippen LogP contribution >= 0.6 is 23.4 Å². The molecule has 3 aromatic rings. The minimum Gasteiger partial charge on any atom is -0.340 e. The molecule has 1 heterocycles. The lowest BCUT2D eigenvalue weighted by Crippen LogP contribution is -3.05. The molecule has 0 aliphatic carbocycles. The van der Waals surface area contributed by atoms with E-state index >= 15 is 0 Å². The van der Waals surface area contributed by atoms with E-state index in [1.807, 2.05) is 18.2 Å². The summed E-state index contributed by atoms with van der Waals surface area (Å²) in [4.78, 5) is 31.5. The van der Waals surface area contributed by atoms with Crippen molar-refractivity contribution in [2.24, 2.45) is 0 Å². The molecule has 0 amide bonds. The van der Waals surface area contributed by atoms with Crippen LogP contribution in [0.2, 0.25) is 5.02 Å². The van der Waals surface area contributed by atoms with Gasteiger partial charge in [-0.05, 0) is 36.4 Å². The van der Waals surface area contributed by atoms with Gasteiger partial charge in [0.05, 0.1) is 37.3 Å². The Balaban J connectivity index is 1.86. The maximum Gasteiger partial charge on any atom is 0.262 e. The normalized spacial score (nSPS) is 11.3. The maximum absolute atomic E-state index is 13.0. The maximum atomic E-state index is 13.0. The van der Waals surface area contributed by atoms with E-state index in [9.17, 15) is 9.59 Å². The van der Waals surface area contributed by atoms with E-state index in [4.69, 9.17) is 11.6 Å². The van der Waals surface area contributed by atoms with Crippen LogP contribution in [-0.4, -0.2) is 41.7 Å². The van der Waals surface area contributed by atoms with Gasteiger partial charge in [0, 0.05) is 23.6 Å². The number of carbonyl (C=O) groups is 1. The number of para-hydroxylation sites is 1. The Bertz CT molecular complexity index is 1030. The van der Waals surface area contributed by atoms with Gasteiger partial charge in [-0.1, -0.05) is 35.5 Å². The number of carbonyl (C=O) groups excluding carboxylic acids is 1. The molecule has 1 N–H and O–H groups in total. The largest absolute Gasteiger partial charge is 0.340 e. The first kappa shape index (κ1) is 20.6. The number of ketones is 1. The van der Waals surface area contributed by atoms with Crippen LogP contribution in [0.5, 0.6) is 0 Å². The summed E-state index contributed by atoms with van der Waals surface area (Å²) in [5.41, 5.74) is 1.20. The number of benzene rings is 2. The fourth-order valence-corrected chi connectivity index (χ4v) is 3.94. The Kier molecular flexibility index (Phi) is 6.88. The van der Waals surface area contributed by atoms with E-state index in [0.717, 1.165) is 13.0 Å². The first-order valence-electron chi connectivity index (χ1n) is 9.16. The molecule has 28 heavy (non-hydrogen) atoms. The summed E-state index contributed by atoms with van der Waals surface area (Å²) in [6.07, 6.45) is 0.862. The average Bonchev–Trinajstić information content (AvgIpc) is 2.68. The van der Waals surface area contributed by atoms with Crippen molar-refractivity contribution >= 4 is 40.0 Å². The molecule has 3 rings (SSSR count). The van der Waals surface area contributed by atoms with Crippen molar-refractivity contribution in [3.63, 3.8) is 0 Å². The van der Waals surface area contributed by atoms with Crippen molar-refractivity contribution in [3.05, 3.63) is 69.5 Å². The monoisotopic (exact) mass is 416 g/mol. The Morgan fingerprint density at radius 3 is 2.57 bits per heavy atom. The number of rotatable bonds is 8. The zero-order chi connectivity index (χ0) is 20.1. The Hall–Kier alpha value is -2.15. The van der Waals surface area contributed by atoms with E-state index in [0.29, 0.717) is 33.2 Å². The quantitative estimate of drug-likeness (QED) is 0.348. The summed E-state index contributed by atoms with van der Waals surface area (Å²) in [5, 5.41) is 1.78. The molecule has 0 aliphatic heterocycles. The molecule has 0 atom stereocenters. The zero-order valence-electron chi connectivity index (χ0n) is 15.9. The number of halogens is 1. The second-order valence-corrected chi connectivity index (χ2v) is 8.28. The molecule has 0 unspecified atom stereocenters. The van der Waals surface area contributed by atoms with Gasteiger partial charge in [-0.15, -0.1) is 0 Å². The molecule has 1 aromatic heterocycles. The van der Waals surface area contributed by atoms with Crippen molar-refractivity contribution < 1.29 is 9.69 Å². The number of fused-ring (bicyclic) bond motifs is 1.